The number of hydrogen-bond acceptors (Lipinski definition) is 2. The topological polar surface area (TPSA) is 38.3 Å². The molecule has 1 amide bonds. The molecule has 5 heteroatoms. The van der Waals surface area contributed by atoms with E-state index in [4.69, 9.17) is 16.3 Å². The van der Waals surface area contributed by atoms with E-state index in [1.165, 1.54) is 12.1 Å². The number of halogens is 2. The predicted molar refractivity (Wildman–Crippen MR) is 60.2 cm³/mol. The third-order valence-corrected chi connectivity index (χ3v) is 2.07. The van der Waals surface area contributed by atoms with Crippen LogP contribution in [-0.2, 0) is 4.79 Å². The zero-order chi connectivity index (χ0) is 11.8. The van der Waals surface area contributed by atoms with Gasteiger partial charge in [0.15, 0.2) is 0 Å². The minimum atomic E-state index is -0.326. The molecule has 1 aromatic carbocycles. The number of benzene rings is 1. The Bertz CT molecular complexity index is 347. The molecule has 0 radical (unpaired) electrons. The lowest BCUT2D eigenvalue weighted by molar-refractivity contribution is -0.118. The zero-order valence-corrected chi connectivity index (χ0v) is 9.47. The standard InChI is InChI=1S/C11H13ClFNO2/c12-8-11(15)14-5-2-6-16-10-4-1-3-9(13)7-10/h1,3-4,7H,2,5-6,8H2,(H,14,15). The van der Waals surface area contributed by atoms with E-state index in [1.807, 2.05) is 0 Å². The lowest BCUT2D eigenvalue weighted by atomic mass is 10.3. The van der Waals surface area contributed by atoms with Gasteiger partial charge in [-0.25, -0.2) is 4.39 Å². The van der Waals surface area contributed by atoms with Gasteiger partial charge in [0.05, 0.1) is 6.61 Å². The van der Waals surface area contributed by atoms with Crippen molar-refractivity contribution >= 4 is 17.5 Å². The Morgan fingerprint density at radius 3 is 3.00 bits per heavy atom. The maximum Gasteiger partial charge on any atom is 0.234 e. The van der Waals surface area contributed by atoms with Gasteiger partial charge in [-0.2, -0.15) is 0 Å². The molecule has 3 nitrogen and oxygen atoms in total. The van der Waals surface area contributed by atoms with Crippen molar-refractivity contribution in [3.8, 4) is 5.75 Å². The summed E-state index contributed by atoms with van der Waals surface area (Å²) in [5, 5.41) is 2.61. The summed E-state index contributed by atoms with van der Waals surface area (Å²) in [6.45, 7) is 0.924. The highest BCUT2D eigenvalue weighted by atomic mass is 35.5. The van der Waals surface area contributed by atoms with Crippen LogP contribution in [-0.4, -0.2) is 24.9 Å². The number of nitrogens with one attached hydrogen (secondary N) is 1. The van der Waals surface area contributed by atoms with E-state index in [-0.39, 0.29) is 17.6 Å². The molecule has 0 atom stereocenters. The van der Waals surface area contributed by atoms with Crippen LogP contribution in [0.2, 0.25) is 0 Å². The highest BCUT2D eigenvalue weighted by Crippen LogP contribution is 2.11. The molecule has 0 bridgehead atoms. The van der Waals surface area contributed by atoms with Gasteiger partial charge in [-0.1, -0.05) is 6.07 Å². The number of hydrogen-bond donors (Lipinski definition) is 1. The summed E-state index contributed by atoms with van der Waals surface area (Å²) in [7, 11) is 0. The van der Waals surface area contributed by atoms with E-state index in [1.54, 1.807) is 12.1 Å². The van der Waals surface area contributed by atoms with Gasteiger partial charge in [-0.15, -0.1) is 11.6 Å². The van der Waals surface area contributed by atoms with Crippen LogP contribution in [0.4, 0.5) is 4.39 Å². The smallest absolute Gasteiger partial charge is 0.234 e. The summed E-state index contributed by atoms with van der Waals surface area (Å²) >= 11 is 5.29. The number of amides is 1. The maximum absolute atomic E-state index is 12.7. The predicted octanol–water partition coefficient (Wildman–Crippen LogP) is 1.95. The quantitative estimate of drug-likeness (QED) is 0.615. The second-order valence-electron chi connectivity index (χ2n) is 3.14. The molecule has 0 spiro atoms. The van der Waals surface area contributed by atoms with Crippen LogP contribution >= 0.6 is 11.6 Å². The Labute approximate surface area is 98.5 Å². The Morgan fingerprint density at radius 2 is 2.31 bits per heavy atom. The van der Waals surface area contributed by atoms with E-state index in [0.29, 0.717) is 25.3 Å². The molecule has 0 saturated carbocycles. The van der Waals surface area contributed by atoms with Crippen molar-refractivity contribution in [3.05, 3.63) is 30.1 Å². The lowest BCUT2D eigenvalue weighted by Crippen LogP contribution is -2.26. The Balaban J connectivity index is 2.14. The lowest BCUT2D eigenvalue weighted by Gasteiger charge is -2.06. The first kappa shape index (κ1) is 12.8. The van der Waals surface area contributed by atoms with E-state index < -0.39 is 0 Å². The molecule has 0 aliphatic heterocycles. The summed E-state index contributed by atoms with van der Waals surface area (Å²) in [4.78, 5) is 10.8. The molecule has 0 unspecified atom stereocenters. The number of ether oxygens (including phenoxy) is 1. The molecule has 1 aromatic rings. The van der Waals surface area contributed by atoms with Gasteiger partial charge in [0.25, 0.3) is 0 Å². The van der Waals surface area contributed by atoms with Crippen LogP contribution in [0.15, 0.2) is 24.3 Å². The molecule has 0 heterocycles. The van der Waals surface area contributed by atoms with E-state index in [2.05, 4.69) is 5.32 Å². The maximum atomic E-state index is 12.7. The summed E-state index contributed by atoms with van der Waals surface area (Å²) in [5.41, 5.74) is 0. The normalized spacial score (nSPS) is 9.88. The Kier molecular flexibility index (Phi) is 5.64. The molecule has 0 aromatic heterocycles. The van der Waals surface area contributed by atoms with E-state index in [0.717, 1.165) is 0 Å². The fourth-order valence-electron chi connectivity index (χ4n) is 1.09. The first-order chi connectivity index (χ1) is 7.72. The molecule has 1 rings (SSSR count). The van der Waals surface area contributed by atoms with Gasteiger partial charge >= 0.3 is 0 Å². The second kappa shape index (κ2) is 7.06. The Hall–Kier alpha value is -1.29. The first-order valence-electron chi connectivity index (χ1n) is 4.93. The van der Waals surface area contributed by atoms with E-state index in [9.17, 15) is 9.18 Å². The third-order valence-electron chi connectivity index (χ3n) is 1.83. The van der Waals surface area contributed by atoms with Crippen molar-refractivity contribution in [1.29, 1.82) is 0 Å². The average molecular weight is 246 g/mol. The number of rotatable bonds is 6. The third kappa shape index (κ3) is 4.98. The van der Waals surface area contributed by atoms with Crippen molar-refractivity contribution < 1.29 is 13.9 Å². The Morgan fingerprint density at radius 1 is 1.50 bits per heavy atom. The van der Waals surface area contributed by atoms with E-state index >= 15 is 0 Å². The van der Waals surface area contributed by atoms with Crippen LogP contribution in [0.25, 0.3) is 0 Å². The summed E-state index contributed by atoms with van der Waals surface area (Å²) in [6, 6.07) is 5.94. The van der Waals surface area contributed by atoms with Crippen LogP contribution < -0.4 is 10.1 Å². The monoisotopic (exact) mass is 245 g/mol. The summed E-state index contributed by atoms with van der Waals surface area (Å²) < 4.78 is 18.0. The fourth-order valence-corrected chi connectivity index (χ4v) is 1.19. The molecule has 1 N–H and O–H groups in total. The molecular weight excluding hydrogens is 233 g/mol. The van der Waals surface area contributed by atoms with Gasteiger partial charge in [-0.05, 0) is 18.6 Å². The second-order valence-corrected chi connectivity index (χ2v) is 3.41. The van der Waals surface area contributed by atoms with Gasteiger partial charge in [-0.3, -0.25) is 4.79 Å². The SMILES string of the molecule is O=C(CCl)NCCCOc1cccc(F)c1. The minimum absolute atomic E-state index is 0.0370. The van der Waals surface area contributed by atoms with Crippen LogP contribution in [0.5, 0.6) is 5.75 Å². The molecule has 0 aliphatic rings. The average Bonchev–Trinajstić information content (AvgIpc) is 2.28. The van der Waals surface area contributed by atoms with Crippen LogP contribution in [0.3, 0.4) is 0 Å². The summed E-state index contributed by atoms with van der Waals surface area (Å²) in [5.74, 6) is -0.0749. The molecule has 16 heavy (non-hydrogen) atoms. The largest absolute Gasteiger partial charge is 0.493 e. The fraction of sp³-hybridized carbons (Fsp3) is 0.364. The minimum Gasteiger partial charge on any atom is -0.493 e. The van der Waals surface area contributed by atoms with Crippen molar-refractivity contribution in [2.45, 2.75) is 6.42 Å². The van der Waals surface area contributed by atoms with Crippen molar-refractivity contribution in [1.82, 2.24) is 5.32 Å². The van der Waals surface area contributed by atoms with Crippen LogP contribution in [0.1, 0.15) is 6.42 Å². The molecule has 0 fully saturated rings. The van der Waals surface area contributed by atoms with Crippen molar-refractivity contribution in [2.75, 3.05) is 19.0 Å². The number of carbonyl (C=O) groups excluding carboxylic acids is 1. The number of carbonyl (C=O) groups is 1. The van der Waals surface area contributed by atoms with Gasteiger partial charge < -0.3 is 10.1 Å². The van der Waals surface area contributed by atoms with Crippen molar-refractivity contribution in [3.63, 3.8) is 0 Å². The van der Waals surface area contributed by atoms with Gasteiger partial charge in [0.2, 0.25) is 5.91 Å². The number of alkyl halides is 1. The van der Waals surface area contributed by atoms with Crippen LogP contribution in [0, 0.1) is 5.82 Å². The zero-order valence-electron chi connectivity index (χ0n) is 8.71. The van der Waals surface area contributed by atoms with Crippen molar-refractivity contribution in [2.24, 2.45) is 0 Å². The highest BCUT2D eigenvalue weighted by molar-refractivity contribution is 6.27. The molecule has 88 valence electrons. The van der Waals surface area contributed by atoms with Gasteiger partial charge in [0.1, 0.15) is 17.4 Å². The summed E-state index contributed by atoms with van der Waals surface area (Å²) in [6.07, 6.45) is 0.652. The molecular formula is C11H13ClFNO2. The molecule has 0 aliphatic carbocycles. The highest BCUT2D eigenvalue weighted by Gasteiger charge is 1.98. The van der Waals surface area contributed by atoms with Gasteiger partial charge in [0, 0.05) is 12.6 Å². The first-order valence-corrected chi connectivity index (χ1v) is 5.47. The molecule has 0 saturated heterocycles.